The van der Waals surface area contributed by atoms with Crippen molar-refractivity contribution in [2.75, 3.05) is 6.61 Å². The molecule has 0 amide bonds. The fourth-order valence-electron chi connectivity index (χ4n) is 1.84. The zero-order valence-electron chi connectivity index (χ0n) is 10.8. The average Bonchev–Trinajstić information content (AvgIpc) is 2.45. The summed E-state index contributed by atoms with van der Waals surface area (Å²) >= 11 is 11.6. The summed E-state index contributed by atoms with van der Waals surface area (Å²) in [5.41, 5.74) is 0.664. The molecule has 21 heavy (non-hydrogen) atoms. The third-order valence-corrected chi connectivity index (χ3v) is 4.72. The van der Waals surface area contributed by atoms with Gasteiger partial charge in [0.05, 0.1) is 17.5 Å². The van der Waals surface area contributed by atoms with E-state index < -0.39 is 16.1 Å². The Morgan fingerprint density at radius 3 is 2.14 bits per heavy atom. The minimum atomic E-state index is -3.84. The molecule has 0 fully saturated rings. The molecule has 2 aromatic rings. The van der Waals surface area contributed by atoms with Crippen molar-refractivity contribution in [1.82, 2.24) is 4.72 Å². The molecule has 2 aromatic carbocycles. The molecule has 7 heteroatoms. The van der Waals surface area contributed by atoms with Crippen molar-refractivity contribution in [1.29, 1.82) is 0 Å². The monoisotopic (exact) mass is 345 g/mol. The van der Waals surface area contributed by atoms with Crippen molar-refractivity contribution in [3.63, 3.8) is 0 Å². The van der Waals surface area contributed by atoms with E-state index in [1.54, 1.807) is 24.3 Å². The van der Waals surface area contributed by atoms with Gasteiger partial charge in [0.1, 0.15) is 0 Å². The first kappa shape index (κ1) is 16.3. The fourth-order valence-corrected chi connectivity index (χ4v) is 3.78. The van der Waals surface area contributed by atoms with Crippen LogP contribution < -0.4 is 4.72 Å². The maximum atomic E-state index is 12.3. The minimum Gasteiger partial charge on any atom is -0.394 e. The number of hydrogen-bond donors (Lipinski definition) is 2. The minimum absolute atomic E-state index is 0.0469. The van der Waals surface area contributed by atoms with Crippen LogP contribution in [-0.4, -0.2) is 20.1 Å². The normalized spacial score (nSPS) is 13.1. The van der Waals surface area contributed by atoms with Crippen LogP contribution in [0.4, 0.5) is 0 Å². The zero-order chi connectivity index (χ0) is 15.5. The third kappa shape index (κ3) is 4.18. The molecule has 0 radical (unpaired) electrons. The Labute approximate surface area is 133 Å². The predicted octanol–water partition coefficient (Wildman–Crippen LogP) is 3.01. The van der Waals surface area contributed by atoms with Gasteiger partial charge in [0.15, 0.2) is 0 Å². The van der Waals surface area contributed by atoms with E-state index in [0.717, 1.165) is 0 Å². The van der Waals surface area contributed by atoms with Crippen molar-refractivity contribution in [2.24, 2.45) is 0 Å². The van der Waals surface area contributed by atoms with Crippen LogP contribution in [0.25, 0.3) is 0 Å². The Morgan fingerprint density at radius 2 is 1.62 bits per heavy atom. The second kappa shape index (κ2) is 6.77. The van der Waals surface area contributed by atoms with Gasteiger partial charge in [-0.3, -0.25) is 0 Å². The number of sulfonamides is 1. The molecule has 0 aromatic heterocycles. The van der Waals surface area contributed by atoms with Crippen LogP contribution in [0, 0.1) is 0 Å². The molecular formula is C14H13Cl2NO3S. The first-order chi connectivity index (χ1) is 9.92. The molecule has 0 aliphatic carbocycles. The lowest BCUT2D eigenvalue weighted by Gasteiger charge is -2.17. The van der Waals surface area contributed by atoms with Crippen LogP contribution in [-0.2, 0) is 10.0 Å². The lowest BCUT2D eigenvalue weighted by atomic mass is 10.1. The van der Waals surface area contributed by atoms with Crippen LogP contribution in [0.3, 0.4) is 0 Å². The summed E-state index contributed by atoms with van der Waals surface area (Å²) < 4.78 is 27.1. The van der Waals surface area contributed by atoms with E-state index in [-0.39, 0.29) is 21.5 Å². The third-order valence-electron chi connectivity index (χ3n) is 2.83. The Balaban J connectivity index is 2.31. The van der Waals surface area contributed by atoms with E-state index in [0.29, 0.717) is 5.56 Å². The SMILES string of the molecule is O=S(=O)(NC(CO)c1ccccc1)c1cc(Cl)cc(Cl)c1. The predicted molar refractivity (Wildman–Crippen MR) is 83.1 cm³/mol. The summed E-state index contributed by atoms with van der Waals surface area (Å²) in [5, 5.41) is 9.87. The summed E-state index contributed by atoms with van der Waals surface area (Å²) in [6.07, 6.45) is 0. The second-order valence-electron chi connectivity index (χ2n) is 4.37. The van der Waals surface area contributed by atoms with E-state index in [9.17, 15) is 13.5 Å². The molecule has 0 spiro atoms. The van der Waals surface area contributed by atoms with Crippen molar-refractivity contribution in [2.45, 2.75) is 10.9 Å². The fraction of sp³-hybridized carbons (Fsp3) is 0.143. The van der Waals surface area contributed by atoms with Crippen LogP contribution in [0.15, 0.2) is 53.4 Å². The molecular weight excluding hydrogens is 333 g/mol. The van der Waals surface area contributed by atoms with Crippen molar-refractivity contribution < 1.29 is 13.5 Å². The average molecular weight is 346 g/mol. The smallest absolute Gasteiger partial charge is 0.241 e. The Kier molecular flexibility index (Phi) is 5.24. The van der Waals surface area contributed by atoms with E-state index >= 15 is 0 Å². The van der Waals surface area contributed by atoms with Crippen molar-refractivity contribution in [3.8, 4) is 0 Å². The number of rotatable bonds is 5. The highest BCUT2D eigenvalue weighted by Crippen LogP contribution is 2.24. The summed E-state index contributed by atoms with van der Waals surface area (Å²) in [7, 11) is -3.84. The van der Waals surface area contributed by atoms with Crippen LogP contribution in [0.2, 0.25) is 10.0 Å². The molecule has 112 valence electrons. The molecule has 2 N–H and O–H groups in total. The van der Waals surface area contributed by atoms with Gasteiger partial charge in [0.2, 0.25) is 10.0 Å². The number of aliphatic hydroxyl groups excluding tert-OH is 1. The molecule has 0 bridgehead atoms. The number of benzene rings is 2. The van der Waals surface area contributed by atoms with Gasteiger partial charge >= 0.3 is 0 Å². The maximum Gasteiger partial charge on any atom is 0.241 e. The first-order valence-electron chi connectivity index (χ1n) is 6.06. The van der Waals surface area contributed by atoms with Gasteiger partial charge < -0.3 is 5.11 Å². The highest BCUT2D eigenvalue weighted by Gasteiger charge is 2.21. The summed E-state index contributed by atoms with van der Waals surface area (Å²) in [5.74, 6) is 0. The molecule has 2 rings (SSSR count). The van der Waals surface area contributed by atoms with Crippen LogP contribution in [0.1, 0.15) is 11.6 Å². The molecule has 4 nitrogen and oxygen atoms in total. The molecule has 0 aliphatic rings. The van der Waals surface area contributed by atoms with Crippen molar-refractivity contribution in [3.05, 3.63) is 64.1 Å². The van der Waals surface area contributed by atoms with Gasteiger partial charge in [-0.2, -0.15) is 0 Å². The largest absolute Gasteiger partial charge is 0.394 e. The van der Waals surface area contributed by atoms with Gasteiger partial charge in [-0.1, -0.05) is 53.5 Å². The van der Waals surface area contributed by atoms with Crippen LogP contribution >= 0.6 is 23.2 Å². The van der Waals surface area contributed by atoms with E-state index in [1.807, 2.05) is 6.07 Å². The molecule has 0 saturated carbocycles. The summed E-state index contributed by atoms with van der Waals surface area (Å²) in [4.78, 5) is -0.0469. The number of aliphatic hydroxyl groups is 1. The Hall–Kier alpha value is -1.11. The van der Waals surface area contributed by atoms with Gasteiger partial charge in [0, 0.05) is 10.0 Å². The molecule has 1 unspecified atom stereocenters. The topological polar surface area (TPSA) is 66.4 Å². The Bertz CT molecular complexity index is 700. The standard InChI is InChI=1S/C14H13Cl2NO3S/c15-11-6-12(16)8-13(7-11)21(19,20)17-14(9-18)10-4-2-1-3-5-10/h1-8,14,17-18H,9H2. The lowest BCUT2D eigenvalue weighted by molar-refractivity contribution is 0.259. The van der Waals surface area contributed by atoms with Gasteiger partial charge in [-0.25, -0.2) is 13.1 Å². The molecule has 0 aliphatic heterocycles. The summed E-state index contributed by atoms with van der Waals surface area (Å²) in [6, 6.07) is 12.1. The maximum absolute atomic E-state index is 12.3. The number of hydrogen-bond acceptors (Lipinski definition) is 3. The highest BCUT2D eigenvalue weighted by molar-refractivity contribution is 7.89. The number of halogens is 2. The first-order valence-corrected chi connectivity index (χ1v) is 8.30. The second-order valence-corrected chi connectivity index (χ2v) is 6.96. The molecule has 0 saturated heterocycles. The van der Waals surface area contributed by atoms with Crippen molar-refractivity contribution >= 4 is 33.2 Å². The lowest BCUT2D eigenvalue weighted by Crippen LogP contribution is -2.30. The highest BCUT2D eigenvalue weighted by atomic mass is 35.5. The molecule has 0 heterocycles. The zero-order valence-corrected chi connectivity index (χ0v) is 13.2. The summed E-state index contributed by atoms with van der Waals surface area (Å²) in [6.45, 7) is -0.364. The number of nitrogens with one attached hydrogen (secondary N) is 1. The van der Waals surface area contributed by atoms with Gasteiger partial charge in [-0.05, 0) is 23.8 Å². The van der Waals surface area contributed by atoms with Gasteiger partial charge in [0.25, 0.3) is 0 Å². The molecule has 1 atom stereocenters. The van der Waals surface area contributed by atoms with E-state index in [2.05, 4.69) is 4.72 Å². The Morgan fingerprint density at radius 1 is 1.05 bits per heavy atom. The van der Waals surface area contributed by atoms with E-state index in [1.165, 1.54) is 18.2 Å². The van der Waals surface area contributed by atoms with Gasteiger partial charge in [-0.15, -0.1) is 0 Å². The van der Waals surface area contributed by atoms with E-state index in [4.69, 9.17) is 23.2 Å². The quantitative estimate of drug-likeness (QED) is 0.875. The van der Waals surface area contributed by atoms with Crippen LogP contribution in [0.5, 0.6) is 0 Å².